The molecule has 0 bridgehead atoms. The van der Waals surface area contributed by atoms with Gasteiger partial charge >= 0.3 is 0 Å². The number of rotatable bonds is 3. The normalized spacial score (nSPS) is 22.0. The maximum atomic E-state index is 11.9. The summed E-state index contributed by atoms with van der Waals surface area (Å²) in [5.41, 5.74) is 4.32. The molecule has 4 rings (SSSR count). The van der Waals surface area contributed by atoms with Crippen LogP contribution in [0.15, 0.2) is 34.4 Å². The highest BCUT2D eigenvalue weighted by atomic mass is 32.1. The Morgan fingerprint density at radius 1 is 1.38 bits per heavy atom. The molecule has 2 aromatic rings. The fourth-order valence-electron chi connectivity index (χ4n) is 2.22. The molecule has 5 nitrogen and oxygen atoms in total. The smallest absolute Gasteiger partial charge is 0.274 e. The fraction of sp³-hybridized carbons (Fsp3) is 0.267. The van der Waals surface area contributed by atoms with Crippen molar-refractivity contribution in [3.8, 4) is 0 Å². The minimum atomic E-state index is -0.131. The Bertz CT molecular complexity index is 773. The van der Waals surface area contributed by atoms with Crippen LogP contribution in [0.25, 0.3) is 16.3 Å². The van der Waals surface area contributed by atoms with Gasteiger partial charge in [-0.2, -0.15) is 0 Å². The van der Waals surface area contributed by atoms with Gasteiger partial charge in [0.1, 0.15) is 5.70 Å². The quantitative estimate of drug-likeness (QED) is 0.853. The summed E-state index contributed by atoms with van der Waals surface area (Å²) in [5, 5.41) is 5.81. The summed E-state index contributed by atoms with van der Waals surface area (Å²) in [6.45, 7) is 0.794. The summed E-state index contributed by atoms with van der Waals surface area (Å²) in [6, 6.07) is 5.96. The summed E-state index contributed by atoms with van der Waals surface area (Å²) >= 11 is 1.59. The van der Waals surface area contributed by atoms with Gasteiger partial charge in [-0.1, -0.05) is 6.07 Å². The van der Waals surface area contributed by atoms with Gasteiger partial charge in [-0.3, -0.25) is 15.1 Å². The first kappa shape index (κ1) is 12.5. The molecular formula is C15H14N4OS. The molecule has 0 spiro atoms. The van der Waals surface area contributed by atoms with E-state index in [2.05, 4.69) is 20.6 Å². The Kier molecular flexibility index (Phi) is 2.96. The summed E-state index contributed by atoms with van der Waals surface area (Å²) in [6.07, 6.45) is 4.35. The van der Waals surface area contributed by atoms with Gasteiger partial charge in [0.05, 0.1) is 15.7 Å². The number of nitrogens with one attached hydrogen (secondary N) is 2. The van der Waals surface area contributed by atoms with Gasteiger partial charge < -0.3 is 5.32 Å². The van der Waals surface area contributed by atoms with Crippen molar-refractivity contribution in [2.24, 2.45) is 10.9 Å². The third-order valence-electron chi connectivity index (χ3n) is 3.60. The Morgan fingerprint density at radius 2 is 2.29 bits per heavy atom. The molecule has 1 aliphatic carbocycles. The number of carbonyl (C=O) groups is 1. The van der Waals surface area contributed by atoms with Crippen LogP contribution in [0.2, 0.25) is 0 Å². The molecule has 1 amide bonds. The number of hydrogen-bond acceptors (Lipinski definition) is 4. The van der Waals surface area contributed by atoms with Crippen molar-refractivity contribution in [3.63, 3.8) is 0 Å². The van der Waals surface area contributed by atoms with E-state index in [4.69, 9.17) is 0 Å². The number of guanidine groups is 1. The molecule has 1 aliphatic heterocycles. The fourth-order valence-corrected chi connectivity index (χ4v) is 2.95. The molecule has 1 saturated carbocycles. The largest absolute Gasteiger partial charge is 0.321 e. The molecule has 21 heavy (non-hydrogen) atoms. The second-order valence-corrected chi connectivity index (χ2v) is 6.24. The van der Waals surface area contributed by atoms with Crippen LogP contribution in [0.3, 0.4) is 0 Å². The van der Waals surface area contributed by atoms with Crippen LogP contribution < -0.4 is 10.6 Å². The number of benzene rings is 1. The minimum absolute atomic E-state index is 0.131. The van der Waals surface area contributed by atoms with Crippen LogP contribution >= 0.6 is 11.3 Å². The number of hydrogen-bond donors (Lipinski definition) is 2. The molecule has 2 heterocycles. The van der Waals surface area contributed by atoms with E-state index < -0.39 is 0 Å². The SMILES string of the molecule is O=C1NC(=NCC2CC2)N/C1=C\c1ccc2ncsc2c1. The van der Waals surface area contributed by atoms with Crippen molar-refractivity contribution >= 4 is 39.5 Å². The second-order valence-electron chi connectivity index (χ2n) is 5.35. The third-order valence-corrected chi connectivity index (χ3v) is 4.39. The number of fused-ring (bicyclic) bond motifs is 1. The van der Waals surface area contributed by atoms with Gasteiger partial charge in [-0.25, -0.2) is 4.98 Å². The molecule has 0 unspecified atom stereocenters. The molecule has 6 heteroatoms. The van der Waals surface area contributed by atoms with Crippen molar-refractivity contribution in [1.82, 2.24) is 15.6 Å². The predicted octanol–water partition coefficient (Wildman–Crippen LogP) is 2.12. The van der Waals surface area contributed by atoms with E-state index in [1.54, 1.807) is 11.3 Å². The monoisotopic (exact) mass is 298 g/mol. The highest BCUT2D eigenvalue weighted by molar-refractivity contribution is 7.16. The molecule has 106 valence electrons. The molecule has 1 saturated heterocycles. The van der Waals surface area contributed by atoms with E-state index in [0.29, 0.717) is 17.6 Å². The van der Waals surface area contributed by atoms with Crippen molar-refractivity contribution in [3.05, 3.63) is 35.0 Å². The van der Waals surface area contributed by atoms with E-state index >= 15 is 0 Å². The lowest BCUT2D eigenvalue weighted by atomic mass is 10.2. The van der Waals surface area contributed by atoms with Crippen molar-refractivity contribution < 1.29 is 4.79 Å². The number of aliphatic imine (C=N–C) groups is 1. The highest BCUT2D eigenvalue weighted by Gasteiger charge is 2.24. The lowest BCUT2D eigenvalue weighted by Gasteiger charge is -1.98. The maximum absolute atomic E-state index is 11.9. The zero-order valence-corrected chi connectivity index (χ0v) is 12.1. The first-order valence-corrected chi connectivity index (χ1v) is 7.84. The second kappa shape index (κ2) is 4.96. The molecule has 0 radical (unpaired) electrons. The Hall–Kier alpha value is -2.21. The molecule has 0 atom stereocenters. The zero-order chi connectivity index (χ0) is 14.2. The summed E-state index contributed by atoms with van der Waals surface area (Å²) in [7, 11) is 0. The molecule has 2 fully saturated rings. The molecule has 1 aromatic carbocycles. The highest BCUT2D eigenvalue weighted by Crippen LogP contribution is 2.28. The number of aromatic nitrogens is 1. The topological polar surface area (TPSA) is 66.4 Å². The van der Waals surface area contributed by atoms with Gasteiger partial charge in [0.2, 0.25) is 5.96 Å². The van der Waals surface area contributed by atoms with Gasteiger partial charge in [0.25, 0.3) is 5.91 Å². The van der Waals surface area contributed by atoms with Gasteiger partial charge in [-0.15, -0.1) is 11.3 Å². The van der Waals surface area contributed by atoms with Crippen molar-refractivity contribution in [2.75, 3.05) is 6.54 Å². The summed E-state index contributed by atoms with van der Waals surface area (Å²) in [4.78, 5) is 20.6. The van der Waals surface area contributed by atoms with Gasteiger partial charge in [0, 0.05) is 6.54 Å². The van der Waals surface area contributed by atoms with Crippen LogP contribution in [0.5, 0.6) is 0 Å². The van der Waals surface area contributed by atoms with Crippen LogP contribution in [0.1, 0.15) is 18.4 Å². The van der Waals surface area contributed by atoms with Crippen LogP contribution in [-0.4, -0.2) is 23.4 Å². The van der Waals surface area contributed by atoms with Gasteiger partial charge in [0.15, 0.2) is 0 Å². The number of carbonyl (C=O) groups excluding carboxylic acids is 1. The average Bonchev–Trinajstić information content (AvgIpc) is 3.08. The minimum Gasteiger partial charge on any atom is -0.321 e. The Morgan fingerprint density at radius 3 is 3.14 bits per heavy atom. The number of nitrogens with zero attached hydrogens (tertiary/aromatic N) is 2. The predicted molar refractivity (Wildman–Crippen MR) is 83.9 cm³/mol. The van der Waals surface area contributed by atoms with Crippen LogP contribution in [0, 0.1) is 5.92 Å². The zero-order valence-electron chi connectivity index (χ0n) is 11.3. The summed E-state index contributed by atoms with van der Waals surface area (Å²) < 4.78 is 1.12. The molecule has 2 aliphatic rings. The van der Waals surface area contributed by atoms with Crippen LogP contribution in [0.4, 0.5) is 0 Å². The Balaban J connectivity index is 1.56. The first-order valence-electron chi connectivity index (χ1n) is 6.96. The first-order chi connectivity index (χ1) is 10.3. The van der Waals surface area contributed by atoms with Crippen LogP contribution in [-0.2, 0) is 4.79 Å². The summed E-state index contributed by atoms with van der Waals surface area (Å²) in [5.74, 6) is 1.14. The van der Waals surface area contributed by atoms with Crippen molar-refractivity contribution in [1.29, 1.82) is 0 Å². The van der Waals surface area contributed by atoms with Crippen molar-refractivity contribution in [2.45, 2.75) is 12.8 Å². The van der Waals surface area contributed by atoms with E-state index in [-0.39, 0.29) is 5.91 Å². The Labute approximate surface area is 125 Å². The van der Waals surface area contributed by atoms with E-state index in [9.17, 15) is 4.79 Å². The lowest BCUT2D eigenvalue weighted by molar-refractivity contribution is -0.115. The van der Waals surface area contributed by atoms with E-state index in [1.807, 2.05) is 29.8 Å². The average molecular weight is 298 g/mol. The lowest BCUT2D eigenvalue weighted by Crippen LogP contribution is -2.25. The molecular weight excluding hydrogens is 284 g/mol. The molecule has 1 aromatic heterocycles. The van der Waals surface area contributed by atoms with E-state index in [1.165, 1.54) is 12.8 Å². The van der Waals surface area contributed by atoms with E-state index in [0.717, 1.165) is 22.3 Å². The number of amides is 1. The number of thiazole rings is 1. The third kappa shape index (κ3) is 2.67. The van der Waals surface area contributed by atoms with Gasteiger partial charge in [-0.05, 0) is 42.5 Å². The maximum Gasteiger partial charge on any atom is 0.274 e. The molecule has 2 N–H and O–H groups in total. The standard InChI is InChI=1S/C15H14N4OS/c20-14-12(18-15(19-14)16-7-9-1-2-9)5-10-3-4-11-13(6-10)21-8-17-11/h3-6,8-9H,1-2,7H2,(H2,16,18,19,20)/b12-5-.